The molecule has 11 heteroatoms. The highest BCUT2D eigenvalue weighted by Crippen LogP contribution is 2.27. The molecule has 2 aromatic heterocycles. The van der Waals surface area contributed by atoms with Crippen LogP contribution in [0.1, 0.15) is 11.4 Å². The lowest BCUT2D eigenvalue weighted by Gasteiger charge is -2.09. The normalized spacial score (nSPS) is 11.0. The number of nitrogens with zero attached hydrogens (tertiary/aromatic N) is 5. The number of aromatic nitrogens is 5. The molecule has 158 valence electrons. The Morgan fingerprint density at radius 3 is 2.52 bits per heavy atom. The predicted molar refractivity (Wildman–Crippen MR) is 119 cm³/mol. The van der Waals surface area contributed by atoms with E-state index in [1.54, 1.807) is 6.07 Å². The minimum absolute atomic E-state index is 0.0267. The summed E-state index contributed by atoms with van der Waals surface area (Å²) in [5.41, 5.74) is 13.8. The lowest BCUT2D eigenvalue weighted by atomic mass is 10.2. The van der Waals surface area contributed by atoms with E-state index in [4.69, 9.17) is 27.8 Å². The quantitative estimate of drug-likeness (QED) is 0.318. The van der Waals surface area contributed by atoms with Gasteiger partial charge in [-0.3, -0.25) is 4.79 Å². The van der Waals surface area contributed by atoms with Gasteiger partial charge >= 0.3 is 5.97 Å². The van der Waals surface area contributed by atoms with Crippen LogP contribution in [0.5, 0.6) is 0 Å². The van der Waals surface area contributed by atoms with Crippen LogP contribution in [-0.4, -0.2) is 36.2 Å². The van der Waals surface area contributed by atoms with Crippen LogP contribution in [0.25, 0.3) is 11.0 Å². The average Bonchev–Trinajstić information content (AvgIpc) is 3.07. The van der Waals surface area contributed by atoms with Gasteiger partial charge in [0.05, 0.1) is 23.3 Å². The molecule has 4 aromatic rings. The molecule has 4 rings (SSSR count). The molecule has 9 nitrogen and oxygen atoms in total. The second-order valence-corrected chi connectivity index (χ2v) is 7.90. The molecular formula is C20H18ClN7O2S. The molecule has 0 radical (unpaired) electrons. The predicted octanol–water partition coefficient (Wildman–Crippen LogP) is 2.92. The summed E-state index contributed by atoms with van der Waals surface area (Å²) < 4.78 is 7.28. The fraction of sp³-hybridized carbons (Fsp3) is 0.150. The first kappa shape index (κ1) is 20.9. The maximum Gasteiger partial charge on any atom is 0.316 e. The van der Waals surface area contributed by atoms with Gasteiger partial charge in [0.15, 0.2) is 17.6 Å². The highest BCUT2D eigenvalue weighted by molar-refractivity contribution is 7.99. The van der Waals surface area contributed by atoms with E-state index < -0.39 is 5.97 Å². The Hall–Kier alpha value is -3.37. The topological polar surface area (TPSA) is 135 Å². The van der Waals surface area contributed by atoms with Gasteiger partial charge in [0.25, 0.3) is 0 Å². The van der Waals surface area contributed by atoms with Crippen molar-refractivity contribution in [3.8, 4) is 0 Å². The standard InChI is InChI=1S/C20H18ClN7O2S/c21-13-6-7-15-14(8-13)24-20(28(15)9-12-4-2-1-3-5-12)31-11-17(29)30-10-16-25-18(22)27-19(23)26-16/h1-8H,9-11H2,(H4,22,23,25,26,27). The zero-order valence-corrected chi connectivity index (χ0v) is 17.8. The number of hydrogen-bond acceptors (Lipinski definition) is 9. The van der Waals surface area contributed by atoms with Crippen molar-refractivity contribution in [1.29, 1.82) is 0 Å². The summed E-state index contributed by atoms with van der Waals surface area (Å²) in [6.45, 7) is 0.464. The number of carbonyl (C=O) groups is 1. The van der Waals surface area contributed by atoms with Crippen LogP contribution in [0, 0.1) is 0 Å². The maximum atomic E-state index is 12.3. The first-order valence-electron chi connectivity index (χ1n) is 9.22. The number of ether oxygens (including phenoxy) is 1. The third-order valence-electron chi connectivity index (χ3n) is 4.26. The number of benzene rings is 2. The van der Waals surface area contributed by atoms with E-state index in [2.05, 4.69) is 19.9 Å². The molecule has 0 amide bonds. The van der Waals surface area contributed by atoms with Crippen molar-refractivity contribution in [2.75, 3.05) is 17.2 Å². The minimum atomic E-state index is -0.445. The monoisotopic (exact) mass is 455 g/mol. The fourth-order valence-electron chi connectivity index (χ4n) is 2.94. The highest BCUT2D eigenvalue weighted by atomic mass is 35.5. The van der Waals surface area contributed by atoms with Crippen LogP contribution in [-0.2, 0) is 22.7 Å². The molecule has 0 fully saturated rings. The molecule has 0 bridgehead atoms. The van der Waals surface area contributed by atoms with Crippen molar-refractivity contribution in [2.45, 2.75) is 18.3 Å². The number of thioether (sulfide) groups is 1. The van der Waals surface area contributed by atoms with Crippen molar-refractivity contribution < 1.29 is 9.53 Å². The minimum Gasteiger partial charge on any atom is -0.457 e. The molecule has 0 atom stereocenters. The van der Waals surface area contributed by atoms with Gasteiger partial charge in [0.2, 0.25) is 11.9 Å². The zero-order chi connectivity index (χ0) is 21.8. The van der Waals surface area contributed by atoms with E-state index in [0.29, 0.717) is 16.7 Å². The number of esters is 1. The molecule has 0 unspecified atom stereocenters. The number of halogens is 1. The van der Waals surface area contributed by atoms with Crippen molar-refractivity contribution in [3.05, 3.63) is 64.9 Å². The molecule has 4 N–H and O–H groups in total. The van der Waals surface area contributed by atoms with Gasteiger partial charge in [-0.1, -0.05) is 53.7 Å². The van der Waals surface area contributed by atoms with Crippen LogP contribution in [0.2, 0.25) is 5.02 Å². The molecular weight excluding hydrogens is 438 g/mol. The van der Waals surface area contributed by atoms with Crippen LogP contribution in [0.4, 0.5) is 11.9 Å². The van der Waals surface area contributed by atoms with Gasteiger partial charge in [-0.25, -0.2) is 4.98 Å². The molecule has 2 aromatic carbocycles. The summed E-state index contributed by atoms with van der Waals surface area (Å²) in [5, 5.41) is 1.29. The van der Waals surface area contributed by atoms with Crippen LogP contribution < -0.4 is 11.5 Å². The van der Waals surface area contributed by atoms with E-state index in [9.17, 15) is 4.79 Å². The summed E-state index contributed by atoms with van der Waals surface area (Å²) in [6.07, 6.45) is 0. The van der Waals surface area contributed by atoms with E-state index in [1.807, 2.05) is 47.0 Å². The number of carbonyl (C=O) groups excluding carboxylic acids is 1. The Bertz CT molecular complexity index is 1210. The molecule has 2 heterocycles. The van der Waals surface area contributed by atoms with E-state index >= 15 is 0 Å². The van der Waals surface area contributed by atoms with Crippen molar-refractivity contribution in [1.82, 2.24) is 24.5 Å². The molecule has 0 saturated heterocycles. The summed E-state index contributed by atoms with van der Waals surface area (Å²) in [7, 11) is 0. The lowest BCUT2D eigenvalue weighted by molar-refractivity contribution is -0.141. The number of hydrogen-bond donors (Lipinski definition) is 2. The van der Waals surface area contributed by atoms with Gasteiger partial charge < -0.3 is 20.8 Å². The summed E-state index contributed by atoms with van der Waals surface area (Å²) >= 11 is 7.40. The first-order chi connectivity index (χ1) is 15.0. The van der Waals surface area contributed by atoms with Gasteiger partial charge in [0, 0.05) is 5.02 Å². The third kappa shape index (κ3) is 5.22. The third-order valence-corrected chi connectivity index (χ3v) is 5.44. The van der Waals surface area contributed by atoms with Gasteiger partial charge in [-0.15, -0.1) is 0 Å². The number of imidazole rings is 1. The van der Waals surface area contributed by atoms with Crippen molar-refractivity contribution in [3.63, 3.8) is 0 Å². The number of anilines is 2. The van der Waals surface area contributed by atoms with Crippen LogP contribution in [0.3, 0.4) is 0 Å². The number of fused-ring (bicyclic) bond motifs is 1. The highest BCUT2D eigenvalue weighted by Gasteiger charge is 2.15. The van der Waals surface area contributed by atoms with E-state index in [1.165, 1.54) is 11.8 Å². The van der Waals surface area contributed by atoms with E-state index in [-0.39, 0.29) is 30.1 Å². The molecule has 0 saturated carbocycles. The van der Waals surface area contributed by atoms with Gasteiger partial charge in [0.1, 0.15) is 0 Å². The van der Waals surface area contributed by atoms with Crippen LogP contribution >= 0.6 is 23.4 Å². The maximum absolute atomic E-state index is 12.3. The first-order valence-corrected chi connectivity index (χ1v) is 10.6. The largest absolute Gasteiger partial charge is 0.457 e. The SMILES string of the molecule is Nc1nc(N)nc(COC(=O)CSc2nc3cc(Cl)ccc3n2Cc2ccccc2)n1. The Morgan fingerprint density at radius 1 is 1.03 bits per heavy atom. The summed E-state index contributed by atoms with van der Waals surface area (Å²) in [5.74, 6) is -0.252. The van der Waals surface area contributed by atoms with Crippen molar-refractivity contribution in [2.24, 2.45) is 0 Å². The summed E-state index contributed by atoms with van der Waals surface area (Å²) in [6, 6.07) is 15.6. The fourth-order valence-corrected chi connectivity index (χ4v) is 3.92. The number of nitrogens with two attached hydrogens (primary N) is 2. The molecule has 0 aliphatic carbocycles. The molecule has 0 aliphatic rings. The Kier molecular flexibility index (Phi) is 6.19. The smallest absolute Gasteiger partial charge is 0.316 e. The van der Waals surface area contributed by atoms with E-state index in [0.717, 1.165) is 16.6 Å². The van der Waals surface area contributed by atoms with Gasteiger partial charge in [-0.05, 0) is 23.8 Å². The molecule has 0 aliphatic heterocycles. The van der Waals surface area contributed by atoms with Gasteiger partial charge in [-0.2, -0.15) is 15.0 Å². The molecule has 0 spiro atoms. The molecule has 31 heavy (non-hydrogen) atoms. The Balaban J connectivity index is 1.48. The summed E-state index contributed by atoms with van der Waals surface area (Å²) in [4.78, 5) is 28.4. The number of rotatable bonds is 7. The van der Waals surface area contributed by atoms with Crippen LogP contribution in [0.15, 0.2) is 53.7 Å². The average molecular weight is 456 g/mol. The van der Waals surface area contributed by atoms with Crippen molar-refractivity contribution >= 4 is 52.3 Å². The Labute approximate surface area is 186 Å². The Morgan fingerprint density at radius 2 is 1.77 bits per heavy atom. The zero-order valence-electron chi connectivity index (χ0n) is 16.2. The number of nitrogen functional groups attached to an aromatic ring is 2. The second kappa shape index (κ2) is 9.19. The second-order valence-electron chi connectivity index (χ2n) is 6.52. The lowest BCUT2D eigenvalue weighted by Crippen LogP contribution is -2.12.